The summed E-state index contributed by atoms with van der Waals surface area (Å²) in [6.07, 6.45) is 4.57. The van der Waals surface area contributed by atoms with Gasteiger partial charge in [0.1, 0.15) is 0 Å². The maximum Gasteiger partial charge on any atom is 0.233 e. The molecule has 1 amide bonds. The van der Waals surface area contributed by atoms with Gasteiger partial charge in [0.15, 0.2) is 11.0 Å². The second-order valence-corrected chi connectivity index (χ2v) is 8.57. The van der Waals surface area contributed by atoms with Gasteiger partial charge in [-0.25, -0.2) is 0 Å². The molecule has 2 aromatic rings. The number of piperidine rings is 1. The smallest absolute Gasteiger partial charge is 0.233 e. The summed E-state index contributed by atoms with van der Waals surface area (Å²) in [7, 11) is 0. The van der Waals surface area contributed by atoms with Crippen molar-refractivity contribution in [2.45, 2.75) is 50.7 Å². The van der Waals surface area contributed by atoms with Crippen LogP contribution in [-0.2, 0) is 4.79 Å². The minimum atomic E-state index is 0.226. The number of benzene rings is 1. The highest BCUT2D eigenvalue weighted by molar-refractivity contribution is 7.99. The Bertz CT molecular complexity index is 774. The first kappa shape index (κ1) is 17.6. The molecule has 0 radical (unpaired) electrons. The fourth-order valence-corrected chi connectivity index (χ4v) is 4.32. The number of likely N-dealkylation sites (tertiary alicyclic amines) is 1. The highest BCUT2D eigenvalue weighted by Crippen LogP contribution is 2.41. The fraction of sp³-hybridized carbons (Fsp3) is 0.550. The van der Waals surface area contributed by atoms with Gasteiger partial charge in [-0.15, -0.1) is 10.2 Å². The van der Waals surface area contributed by atoms with Crippen LogP contribution < -0.4 is 0 Å². The van der Waals surface area contributed by atoms with E-state index in [9.17, 15) is 4.79 Å². The largest absolute Gasteiger partial charge is 0.342 e. The van der Waals surface area contributed by atoms with E-state index < -0.39 is 0 Å². The van der Waals surface area contributed by atoms with Crippen LogP contribution >= 0.6 is 11.8 Å². The van der Waals surface area contributed by atoms with Gasteiger partial charge in [-0.2, -0.15) is 0 Å². The van der Waals surface area contributed by atoms with Gasteiger partial charge in [0.05, 0.1) is 5.75 Å². The Kier molecular flexibility index (Phi) is 5.02. The molecule has 2 fully saturated rings. The number of hydrogen-bond donors (Lipinski definition) is 0. The monoisotopic (exact) mass is 370 g/mol. The fourth-order valence-electron chi connectivity index (χ4n) is 3.41. The molecule has 4 rings (SSSR count). The van der Waals surface area contributed by atoms with Crippen molar-refractivity contribution < 1.29 is 4.79 Å². The lowest BCUT2D eigenvalue weighted by Crippen LogP contribution is -2.38. The van der Waals surface area contributed by atoms with E-state index in [0.29, 0.717) is 11.8 Å². The number of amides is 1. The second kappa shape index (κ2) is 7.43. The molecule has 0 unspecified atom stereocenters. The molecule has 1 saturated heterocycles. The SMILES string of the molecule is Cc1ccc(-c2nnc(SCC(=O)N3CCC(C)CC3)n2C2CC2)cc1. The molecule has 1 aliphatic carbocycles. The molecule has 2 aliphatic rings. The first-order valence-corrected chi connectivity index (χ1v) is 10.5. The Morgan fingerprint density at radius 2 is 1.81 bits per heavy atom. The van der Waals surface area contributed by atoms with Gasteiger partial charge < -0.3 is 4.90 Å². The molecule has 0 N–H and O–H groups in total. The summed E-state index contributed by atoms with van der Waals surface area (Å²) in [5, 5.41) is 9.73. The summed E-state index contributed by atoms with van der Waals surface area (Å²) >= 11 is 1.53. The van der Waals surface area contributed by atoms with Gasteiger partial charge in [-0.3, -0.25) is 9.36 Å². The van der Waals surface area contributed by atoms with Crippen LogP contribution in [0.25, 0.3) is 11.4 Å². The molecule has 1 aliphatic heterocycles. The van der Waals surface area contributed by atoms with E-state index in [2.05, 4.69) is 52.9 Å². The Labute approximate surface area is 159 Å². The van der Waals surface area contributed by atoms with Crippen molar-refractivity contribution in [1.29, 1.82) is 0 Å². The lowest BCUT2D eigenvalue weighted by Gasteiger charge is -2.30. The summed E-state index contributed by atoms with van der Waals surface area (Å²) in [5.41, 5.74) is 2.33. The maximum atomic E-state index is 12.5. The van der Waals surface area contributed by atoms with Crippen molar-refractivity contribution in [3.05, 3.63) is 29.8 Å². The highest BCUT2D eigenvalue weighted by atomic mass is 32.2. The van der Waals surface area contributed by atoms with Crippen LogP contribution in [0, 0.1) is 12.8 Å². The van der Waals surface area contributed by atoms with Crippen LogP contribution in [0.15, 0.2) is 29.4 Å². The topological polar surface area (TPSA) is 51.0 Å². The normalized spacial score (nSPS) is 18.3. The molecule has 26 heavy (non-hydrogen) atoms. The van der Waals surface area contributed by atoms with Crippen LogP contribution in [0.4, 0.5) is 0 Å². The number of thioether (sulfide) groups is 1. The molecular weight excluding hydrogens is 344 g/mol. The minimum Gasteiger partial charge on any atom is -0.342 e. The van der Waals surface area contributed by atoms with Crippen molar-refractivity contribution in [1.82, 2.24) is 19.7 Å². The zero-order valence-corrected chi connectivity index (χ0v) is 16.3. The number of aryl methyl sites for hydroxylation is 1. The third-order valence-electron chi connectivity index (χ3n) is 5.35. The first-order chi connectivity index (χ1) is 12.6. The van der Waals surface area contributed by atoms with Gasteiger partial charge in [0.25, 0.3) is 0 Å². The van der Waals surface area contributed by atoms with Gasteiger partial charge in [0, 0.05) is 24.7 Å². The molecule has 0 atom stereocenters. The Hall–Kier alpha value is -1.82. The lowest BCUT2D eigenvalue weighted by atomic mass is 9.99. The van der Waals surface area contributed by atoms with E-state index in [1.165, 1.54) is 30.2 Å². The van der Waals surface area contributed by atoms with E-state index in [-0.39, 0.29) is 5.91 Å². The summed E-state index contributed by atoms with van der Waals surface area (Å²) in [6.45, 7) is 6.14. The standard InChI is InChI=1S/C20H26N4OS/c1-14-3-5-16(6-4-14)19-21-22-20(24(19)17-7-8-17)26-13-18(25)23-11-9-15(2)10-12-23/h3-6,15,17H,7-13H2,1-2H3. The van der Waals surface area contributed by atoms with Crippen molar-refractivity contribution in [3.63, 3.8) is 0 Å². The third kappa shape index (κ3) is 3.80. The number of aromatic nitrogens is 3. The molecular formula is C20H26N4OS. The van der Waals surface area contributed by atoms with Gasteiger partial charge in [-0.1, -0.05) is 48.5 Å². The van der Waals surface area contributed by atoms with E-state index in [4.69, 9.17) is 0 Å². The minimum absolute atomic E-state index is 0.226. The zero-order valence-electron chi connectivity index (χ0n) is 15.5. The van der Waals surface area contributed by atoms with E-state index >= 15 is 0 Å². The van der Waals surface area contributed by atoms with Crippen LogP contribution in [-0.4, -0.2) is 44.4 Å². The van der Waals surface area contributed by atoms with Crippen molar-refractivity contribution >= 4 is 17.7 Å². The van der Waals surface area contributed by atoms with Crippen LogP contribution in [0.3, 0.4) is 0 Å². The van der Waals surface area contributed by atoms with Crippen LogP contribution in [0.1, 0.15) is 44.2 Å². The van der Waals surface area contributed by atoms with Crippen molar-refractivity contribution in [3.8, 4) is 11.4 Å². The lowest BCUT2D eigenvalue weighted by molar-refractivity contribution is -0.129. The van der Waals surface area contributed by atoms with E-state index in [1.807, 2.05) is 4.90 Å². The number of rotatable bonds is 5. The van der Waals surface area contributed by atoms with Crippen LogP contribution in [0.2, 0.25) is 0 Å². The maximum absolute atomic E-state index is 12.5. The second-order valence-electron chi connectivity index (χ2n) is 7.63. The molecule has 2 heterocycles. The van der Waals surface area contributed by atoms with E-state index in [0.717, 1.165) is 48.4 Å². The summed E-state index contributed by atoms with van der Waals surface area (Å²) in [6, 6.07) is 8.90. The van der Waals surface area contributed by atoms with Gasteiger partial charge in [0.2, 0.25) is 5.91 Å². The Morgan fingerprint density at radius 3 is 2.46 bits per heavy atom. The van der Waals surface area contributed by atoms with Crippen molar-refractivity contribution in [2.75, 3.05) is 18.8 Å². The average Bonchev–Trinajstić information content (AvgIpc) is 3.40. The summed E-state index contributed by atoms with van der Waals surface area (Å²) in [4.78, 5) is 14.5. The first-order valence-electron chi connectivity index (χ1n) is 9.54. The molecule has 1 saturated carbocycles. The van der Waals surface area contributed by atoms with Crippen molar-refractivity contribution in [2.24, 2.45) is 5.92 Å². The average molecular weight is 371 g/mol. The Morgan fingerprint density at radius 1 is 1.12 bits per heavy atom. The molecule has 1 aromatic carbocycles. The summed E-state index contributed by atoms with van der Waals surface area (Å²) in [5.74, 6) is 2.34. The molecule has 0 bridgehead atoms. The predicted molar refractivity (Wildman–Crippen MR) is 104 cm³/mol. The predicted octanol–water partition coefficient (Wildman–Crippen LogP) is 3.94. The molecule has 0 spiro atoms. The van der Waals surface area contributed by atoms with Gasteiger partial charge in [-0.05, 0) is 38.5 Å². The zero-order chi connectivity index (χ0) is 18.1. The highest BCUT2D eigenvalue weighted by Gasteiger charge is 2.30. The van der Waals surface area contributed by atoms with E-state index in [1.54, 1.807) is 0 Å². The number of nitrogens with zero attached hydrogens (tertiary/aromatic N) is 4. The molecule has 6 heteroatoms. The number of hydrogen-bond acceptors (Lipinski definition) is 4. The number of carbonyl (C=O) groups excluding carboxylic acids is 1. The Balaban J connectivity index is 1.47. The van der Waals surface area contributed by atoms with Gasteiger partial charge >= 0.3 is 0 Å². The molecule has 138 valence electrons. The van der Waals surface area contributed by atoms with Crippen LogP contribution in [0.5, 0.6) is 0 Å². The molecule has 1 aromatic heterocycles. The summed E-state index contributed by atoms with van der Waals surface area (Å²) < 4.78 is 2.24. The number of carbonyl (C=O) groups is 1. The third-order valence-corrected chi connectivity index (χ3v) is 6.28. The molecule has 5 nitrogen and oxygen atoms in total. The quantitative estimate of drug-likeness (QED) is 0.748.